The summed E-state index contributed by atoms with van der Waals surface area (Å²) >= 11 is 0. The molecule has 0 radical (unpaired) electrons. The minimum absolute atomic E-state index is 0.413. The van der Waals surface area contributed by atoms with Crippen LogP contribution in [0, 0.1) is 6.92 Å². The summed E-state index contributed by atoms with van der Waals surface area (Å²) in [6.45, 7) is 3.79. The molecule has 18 heavy (non-hydrogen) atoms. The Labute approximate surface area is 106 Å². The van der Waals surface area contributed by atoms with E-state index >= 15 is 0 Å². The molecule has 1 atom stereocenters. The van der Waals surface area contributed by atoms with Gasteiger partial charge in [0, 0.05) is 5.69 Å². The molecule has 0 fully saturated rings. The van der Waals surface area contributed by atoms with Crippen LogP contribution in [0.4, 0.5) is 10.5 Å². The van der Waals surface area contributed by atoms with Crippen LogP contribution in [-0.2, 0) is 4.79 Å². The van der Waals surface area contributed by atoms with Crippen LogP contribution in [0.3, 0.4) is 0 Å². The van der Waals surface area contributed by atoms with Crippen molar-refractivity contribution >= 4 is 17.7 Å². The normalized spacial score (nSPS) is 11.7. The molecule has 1 rings (SSSR count). The van der Waals surface area contributed by atoms with Gasteiger partial charge < -0.3 is 15.7 Å². The summed E-state index contributed by atoms with van der Waals surface area (Å²) in [6.07, 6.45) is 1.11. The lowest BCUT2D eigenvalue weighted by Gasteiger charge is -2.14. The Morgan fingerprint density at radius 3 is 2.67 bits per heavy atom. The summed E-state index contributed by atoms with van der Waals surface area (Å²) in [4.78, 5) is 22.5. The molecular formula is C13H18N2O3. The van der Waals surface area contributed by atoms with Crippen molar-refractivity contribution in [3.05, 3.63) is 29.8 Å². The fraction of sp³-hybridized carbons (Fsp3) is 0.385. The largest absolute Gasteiger partial charge is 0.480 e. The molecular weight excluding hydrogens is 232 g/mol. The van der Waals surface area contributed by atoms with Crippen LogP contribution in [0.1, 0.15) is 25.3 Å². The van der Waals surface area contributed by atoms with Gasteiger partial charge in [0.2, 0.25) is 0 Å². The molecule has 0 aliphatic rings. The Kier molecular flexibility index (Phi) is 5.17. The first kappa shape index (κ1) is 14.0. The highest BCUT2D eigenvalue weighted by Gasteiger charge is 2.18. The molecule has 0 saturated carbocycles. The van der Waals surface area contributed by atoms with Crippen molar-refractivity contribution in [2.24, 2.45) is 0 Å². The maximum absolute atomic E-state index is 11.6. The lowest BCUT2D eigenvalue weighted by Crippen LogP contribution is -2.42. The van der Waals surface area contributed by atoms with Gasteiger partial charge in [0.25, 0.3) is 0 Å². The van der Waals surface area contributed by atoms with E-state index in [2.05, 4.69) is 10.6 Å². The predicted octanol–water partition coefficient (Wildman–Crippen LogP) is 2.37. The van der Waals surface area contributed by atoms with Gasteiger partial charge in [-0.25, -0.2) is 9.59 Å². The summed E-state index contributed by atoms with van der Waals surface area (Å²) in [7, 11) is 0. The molecule has 0 aliphatic carbocycles. The molecule has 0 aliphatic heterocycles. The van der Waals surface area contributed by atoms with Crippen molar-refractivity contribution in [3.63, 3.8) is 0 Å². The van der Waals surface area contributed by atoms with Crippen LogP contribution < -0.4 is 10.6 Å². The number of carbonyl (C=O) groups is 2. The van der Waals surface area contributed by atoms with Gasteiger partial charge in [-0.1, -0.05) is 25.5 Å². The van der Waals surface area contributed by atoms with E-state index in [4.69, 9.17) is 5.11 Å². The number of aliphatic carboxylic acids is 1. The third-order valence-electron chi connectivity index (χ3n) is 2.46. The molecule has 3 N–H and O–H groups in total. The van der Waals surface area contributed by atoms with E-state index in [1.165, 1.54) is 0 Å². The summed E-state index contributed by atoms with van der Waals surface area (Å²) in [5.41, 5.74) is 1.67. The number of amides is 2. The average Bonchev–Trinajstić information content (AvgIpc) is 2.28. The number of aryl methyl sites for hydroxylation is 1. The zero-order valence-electron chi connectivity index (χ0n) is 10.6. The van der Waals surface area contributed by atoms with Gasteiger partial charge in [-0.3, -0.25) is 0 Å². The van der Waals surface area contributed by atoms with Crippen molar-refractivity contribution in [2.45, 2.75) is 32.7 Å². The number of rotatable bonds is 5. The molecule has 5 nitrogen and oxygen atoms in total. The zero-order valence-corrected chi connectivity index (χ0v) is 10.6. The first-order chi connectivity index (χ1) is 8.52. The fourth-order valence-electron chi connectivity index (χ4n) is 1.59. The van der Waals surface area contributed by atoms with Crippen LogP contribution in [0.25, 0.3) is 0 Å². The van der Waals surface area contributed by atoms with Crippen LogP contribution in [-0.4, -0.2) is 23.1 Å². The molecule has 2 amide bonds. The highest BCUT2D eigenvalue weighted by molar-refractivity contribution is 5.92. The van der Waals surface area contributed by atoms with Crippen LogP contribution in [0.15, 0.2) is 24.3 Å². The van der Waals surface area contributed by atoms with E-state index in [-0.39, 0.29) is 0 Å². The molecule has 0 heterocycles. The van der Waals surface area contributed by atoms with Crippen molar-refractivity contribution in [1.82, 2.24) is 5.32 Å². The molecule has 0 bridgehead atoms. The number of urea groups is 1. The monoisotopic (exact) mass is 250 g/mol. The lowest BCUT2D eigenvalue weighted by molar-refractivity contribution is -0.139. The lowest BCUT2D eigenvalue weighted by atomic mass is 10.2. The van der Waals surface area contributed by atoms with Crippen molar-refractivity contribution < 1.29 is 14.7 Å². The van der Waals surface area contributed by atoms with Crippen LogP contribution >= 0.6 is 0 Å². The standard InChI is InChI=1S/C13H18N2O3/c1-3-5-11(12(16)17)15-13(18)14-10-7-4-6-9(2)8-10/h4,6-8,11H,3,5H2,1-2H3,(H,16,17)(H2,14,15,18)/t11-/m1/s1. The Balaban J connectivity index is 2.57. The molecule has 98 valence electrons. The second-order valence-electron chi connectivity index (χ2n) is 4.15. The van der Waals surface area contributed by atoms with E-state index in [0.29, 0.717) is 18.5 Å². The Hall–Kier alpha value is -2.04. The van der Waals surface area contributed by atoms with E-state index in [1.807, 2.05) is 32.0 Å². The van der Waals surface area contributed by atoms with Gasteiger partial charge in [0.05, 0.1) is 0 Å². The number of hydrogen-bond acceptors (Lipinski definition) is 2. The number of nitrogens with one attached hydrogen (secondary N) is 2. The molecule has 1 aromatic carbocycles. The van der Waals surface area contributed by atoms with E-state index < -0.39 is 18.0 Å². The molecule has 5 heteroatoms. The minimum Gasteiger partial charge on any atom is -0.480 e. The predicted molar refractivity (Wildman–Crippen MR) is 69.7 cm³/mol. The van der Waals surface area contributed by atoms with Gasteiger partial charge in [-0.15, -0.1) is 0 Å². The number of benzene rings is 1. The van der Waals surface area contributed by atoms with E-state index in [9.17, 15) is 9.59 Å². The third kappa shape index (κ3) is 4.45. The molecule has 0 spiro atoms. The topological polar surface area (TPSA) is 78.4 Å². The van der Waals surface area contributed by atoms with Crippen LogP contribution in [0.2, 0.25) is 0 Å². The van der Waals surface area contributed by atoms with Crippen molar-refractivity contribution in [3.8, 4) is 0 Å². The quantitative estimate of drug-likeness (QED) is 0.750. The average molecular weight is 250 g/mol. The summed E-state index contributed by atoms with van der Waals surface area (Å²) < 4.78 is 0. The summed E-state index contributed by atoms with van der Waals surface area (Å²) in [5, 5.41) is 14.0. The van der Waals surface area contributed by atoms with Crippen LogP contribution in [0.5, 0.6) is 0 Å². The fourth-order valence-corrected chi connectivity index (χ4v) is 1.59. The molecule has 0 unspecified atom stereocenters. The van der Waals surface area contributed by atoms with Crippen molar-refractivity contribution in [2.75, 3.05) is 5.32 Å². The van der Waals surface area contributed by atoms with Crippen molar-refractivity contribution in [1.29, 1.82) is 0 Å². The third-order valence-corrected chi connectivity index (χ3v) is 2.46. The first-order valence-electron chi connectivity index (χ1n) is 5.90. The SMILES string of the molecule is CCC[C@@H](NC(=O)Nc1cccc(C)c1)C(=O)O. The second kappa shape index (κ2) is 6.64. The van der Waals surface area contributed by atoms with Gasteiger partial charge in [0.1, 0.15) is 6.04 Å². The van der Waals surface area contributed by atoms with Gasteiger partial charge in [0.15, 0.2) is 0 Å². The highest BCUT2D eigenvalue weighted by atomic mass is 16.4. The Morgan fingerprint density at radius 2 is 2.11 bits per heavy atom. The number of carbonyl (C=O) groups excluding carboxylic acids is 1. The second-order valence-corrected chi connectivity index (χ2v) is 4.15. The van der Waals surface area contributed by atoms with E-state index in [0.717, 1.165) is 5.56 Å². The summed E-state index contributed by atoms with van der Waals surface area (Å²) in [6, 6.07) is 5.96. The minimum atomic E-state index is -1.02. The molecule has 0 saturated heterocycles. The Morgan fingerprint density at radius 1 is 1.39 bits per heavy atom. The zero-order chi connectivity index (χ0) is 13.5. The van der Waals surface area contributed by atoms with Gasteiger partial charge >= 0.3 is 12.0 Å². The highest BCUT2D eigenvalue weighted by Crippen LogP contribution is 2.09. The molecule has 1 aromatic rings. The smallest absolute Gasteiger partial charge is 0.326 e. The number of carboxylic acids is 1. The summed E-state index contributed by atoms with van der Waals surface area (Å²) in [5.74, 6) is -1.02. The van der Waals surface area contributed by atoms with E-state index in [1.54, 1.807) is 6.07 Å². The first-order valence-corrected chi connectivity index (χ1v) is 5.90. The maximum atomic E-state index is 11.6. The number of anilines is 1. The number of hydrogen-bond donors (Lipinski definition) is 3. The van der Waals surface area contributed by atoms with Gasteiger partial charge in [-0.05, 0) is 31.0 Å². The number of carboxylic acid groups (broad SMARTS) is 1. The maximum Gasteiger partial charge on any atom is 0.326 e. The molecule has 0 aromatic heterocycles. The van der Waals surface area contributed by atoms with Gasteiger partial charge in [-0.2, -0.15) is 0 Å². The Bertz CT molecular complexity index is 432.